The van der Waals surface area contributed by atoms with Crippen LogP contribution in [0.2, 0.25) is 0 Å². The number of hydrogen-bond donors (Lipinski definition) is 0. The van der Waals surface area contributed by atoms with Crippen LogP contribution in [0.25, 0.3) is 0 Å². The number of rotatable bonds is 6. The Morgan fingerprint density at radius 1 is 0.977 bits per heavy atom. The van der Waals surface area contributed by atoms with Crippen LogP contribution in [0, 0.1) is 11.3 Å². The summed E-state index contributed by atoms with van der Waals surface area (Å²) in [5.41, 5.74) is 1.42. The summed E-state index contributed by atoms with van der Waals surface area (Å²) in [7, 11) is 0. The molecule has 0 N–H and O–H groups in total. The van der Waals surface area contributed by atoms with Gasteiger partial charge in [0.1, 0.15) is 24.3 Å². The molecule has 0 radical (unpaired) electrons. The molecule has 10 nitrogen and oxygen atoms in total. The van der Waals surface area contributed by atoms with Gasteiger partial charge in [-0.15, -0.1) is 0 Å². The fraction of sp³-hybridized carbons (Fsp3) is 0.484. The molecule has 0 bridgehead atoms. The number of halogens is 3. The van der Waals surface area contributed by atoms with E-state index in [-0.39, 0.29) is 25.4 Å². The van der Waals surface area contributed by atoms with Crippen molar-refractivity contribution >= 4 is 58.6 Å². The zero-order valence-electron chi connectivity index (χ0n) is 24.9. The van der Waals surface area contributed by atoms with E-state index in [4.69, 9.17) is 44.3 Å². The molecule has 236 valence electrons. The average Bonchev–Trinajstić information content (AvgIpc) is 3.43. The van der Waals surface area contributed by atoms with Crippen molar-refractivity contribution in [3.63, 3.8) is 0 Å². The summed E-state index contributed by atoms with van der Waals surface area (Å²) in [6.45, 7) is 6.86. The van der Waals surface area contributed by atoms with E-state index in [1.54, 1.807) is 31.7 Å². The quantitative estimate of drug-likeness (QED) is 0.371. The van der Waals surface area contributed by atoms with E-state index in [2.05, 4.69) is 11.0 Å². The Morgan fingerprint density at radius 2 is 1.61 bits per heavy atom. The summed E-state index contributed by atoms with van der Waals surface area (Å²) in [5.74, 6) is -0.235. The lowest BCUT2D eigenvalue weighted by Gasteiger charge is -2.38. The molecule has 2 fully saturated rings. The van der Waals surface area contributed by atoms with Gasteiger partial charge < -0.3 is 19.3 Å². The molecule has 4 rings (SSSR count). The highest BCUT2D eigenvalue weighted by Gasteiger charge is 2.46. The van der Waals surface area contributed by atoms with E-state index in [1.165, 1.54) is 9.80 Å². The van der Waals surface area contributed by atoms with Crippen molar-refractivity contribution in [1.82, 2.24) is 14.7 Å². The smallest absolute Gasteiger partial charge is 0.411 e. The number of alkyl halides is 3. The molecule has 2 aliphatic rings. The van der Waals surface area contributed by atoms with Crippen LogP contribution >= 0.6 is 34.8 Å². The second kappa shape index (κ2) is 14.1. The highest BCUT2D eigenvalue weighted by atomic mass is 35.6. The van der Waals surface area contributed by atoms with Crippen LogP contribution in [-0.4, -0.2) is 93.6 Å². The predicted molar refractivity (Wildman–Crippen MR) is 169 cm³/mol. The van der Waals surface area contributed by atoms with Gasteiger partial charge >= 0.3 is 12.2 Å². The van der Waals surface area contributed by atoms with Crippen molar-refractivity contribution in [2.45, 2.75) is 55.2 Å². The van der Waals surface area contributed by atoms with Crippen LogP contribution in [0.15, 0.2) is 54.6 Å². The third-order valence-electron chi connectivity index (χ3n) is 7.38. The molecule has 2 aliphatic heterocycles. The van der Waals surface area contributed by atoms with E-state index in [0.717, 1.165) is 11.3 Å². The fourth-order valence-corrected chi connectivity index (χ4v) is 5.53. The van der Waals surface area contributed by atoms with Gasteiger partial charge in [0.05, 0.1) is 17.3 Å². The molecule has 0 aliphatic carbocycles. The molecule has 0 saturated carbocycles. The van der Waals surface area contributed by atoms with Gasteiger partial charge in [-0.25, -0.2) is 9.59 Å². The zero-order valence-corrected chi connectivity index (χ0v) is 27.2. The van der Waals surface area contributed by atoms with Crippen LogP contribution in [-0.2, 0) is 20.8 Å². The third-order valence-corrected chi connectivity index (χ3v) is 7.71. The first-order valence-electron chi connectivity index (χ1n) is 14.3. The topological polar surface area (TPSA) is 106 Å². The van der Waals surface area contributed by atoms with Crippen molar-refractivity contribution < 1.29 is 23.9 Å². The minimum absolute atomic E-state index is 0.0521. The number of hydrogen-bond acceptors (Lipinski definition) is 7. The van der Waals surface area contributed by atoms with E-state index in [0.29, 0.717) is 31.7 Å². The van der Waals surface area contributed by atoms with Crippen LogP contribution in [0.4, 0.5) is 15.3 Å². The van der Waals surface area contributed by atoms with E-state index in [9.17, 15) is 19.6 Å². The van der Waals surface area contributed by atoms with Gasteiger partial charge in [0.15, 0.2) is 0 Å². The number of amides is 3. The van der Waals surface area contributed by atoms with Crippen LogP contribution in [0.5, 0.6) is 0 Å². The molecule has 44 heavy (non-hydrogen) atoms. The number of para-hydroxylation sites is 1. The predicted octanol–water partition coefficient (Wildman–Crippen LogP) is 5.59. The minimum Gasteiger partial charge on any atom is -0.445 e. The number of anilines is 1. The summed E-state index contributed by atoms with van der Waals surface area (Å²) in [6, 6.07) is 17.4. The molecule has 0 aromatic heterocycles. The Hall–Kier alpha value is -3.39. The molecule has 0 unspecified atom stereocenters. The highest BCUT2D eigenvalue weighted by Crippen LogP contribution is 2.30. The molecule has 3 amide bonds. The fourth-order valence-electron chi connectivity index (χ4n) is 5.37. The van der Waals surface area contributed by atoms with Crippen LogP contribution < -0.4 is 4.90 Å². The summed E-state index contributed by atoms with van der Waals surface area (Å²) in [5, 5.41) is 9.52. The van der Waals surface area contributed by atoms with Crippen LogP contribution in [0.3, 0.4) is 0 Å². The summed E-state index contributed by atoms with van der Waals surface area (Å²) in [4.78, 5) is 47.5. The largest absolute Gasteiger partial charge is 0.445 e. The monoisotopic (exact) mass is 663 g/mol. The normalized spacial score (nSPS) is 18.9. The Kier molecular flexibility index (Phi) is 10.8. The third kappa shape index (κ3) is 8.84. The number of nitrogens with zero attached hydrogens (tertiary/aromatic N) is 5. The van der Waals surface area contributed by atoms with E-state index >= 15 is 0 Å². The maximum atomic E-state index is 14.0. The van der Waals surface area contributed by atoms with Gasteiger partial charge in [-0.1, -0.05) is 77.3 Å². The molecular weight excluding hydrogens is 629 g/mol. The molecule has 2 saturated heterocycles. The number of ether oxygens (including phenoxy) is 2. The number of piperazine rings is 1. The maximum Gasteiger partial charge on any atom is 0.411 e. The highest BCUT2D eigenvalue weighted by molar-refractivity contribution is 6.67. The second-order valence-corrected chi connectivity index (χ2v) is 14.3. The van der Waals surface area contributed by atoms with Gasteiger partial charge in [0.2, 0.25) is 9.70 Å². The van der Waals surface area contributed by atoms with Gasteiger partial charge in [-0.05, 0) is 44.9 Å². The summed E-state index contributed by atoms with van der Waals surface area (Å²) < 4.78 is 9.22. The molecule has 2 aromatic carbocycles. The maximum absolute atomic E-state index is 14.0. The molecule has 0 spiro atoms. The molecule has 2 aromatic rings. The number of nitriles is 1. The SMILES string of the molecule is CC(C)(C)OC(=O)N1C[C@@H](N(Cc2ccccc2)C(=O)OCC(Cl)(Cl)Cl)C[C@H]1C(=O)N1CCN(c2ccccc2C#N)CC1. The number of carbonyl (C=O) groups excluding carboxylic acids is 3. The average molecular weight is 665 g/mol. The molecule has 2 atom stereocenters. The Morgan fingerprint density at radius 3 is 2.23 bits per heavy atom. The Labute approximate surface area is 272 Å². The first kappa shape index (κ1) is 33.5. The lowest BCUT2D eigenvalue weighted by atomic mass is 10.1. The Balaban J connectivity index is 1.55. The molecular formula is C31H36Cl3N5O5. The lowest BCUT2D eigenvalue weighted by Crippen LogP contribution is -2.55. The van der Waals surface area contributed by atoms with Crippen molar-refractivity contribution in [1.29, 1.82) is 5.26 Å². The second-order valence-electron chi connectivity index (χ2n) is 11.8. The van der Waals surface area contributed by atoms with Crippen molar-refractivity contribution in [3.05, 3.63) is 65.7 Å². The number of benzene rings is 2. The van der Waals surface area contributed by atoms with Gasteiger partial charge in [0.25, 0.3) is 0 Å². The summed E-state index contributed by atoms with van der Waals surface area (Å²) >= 11 is 17.5. The minimum atomic E-state index is -1.80. The molecule has 2 heterocycles. The van der Waals surface area contributed by atoms with Gasteiger partial charge in [-0.3, -0.25) is 14.6 Å². The van der Waals surface area contributed by atoms with Crippen LogP contribution in [0.1, 0.15) is 38.3 Å². The first-order valence-corrected chi connectivity index (χ1v) is 15.5. The van der Waals surface area contributed by atoms with E-state index < -0.39 is 40.3 Å². The Bertz CT molecular complexity index is 1370. The van der Waals surface area contributed by atoms with E-state index in [1.807, 2.05) is 48.5 Å². The van der Waals surface area contributed by atoms with Crippen molar-refractivity contribution in [2.75, 3.05) is 44.2 Å². The number of likely N-dealkylation sites (tertiary alicyclic amines) is 1. The standard InChI is InChI=1S/C31H36Cl3N5O5/c1-30(2,3)44-29(42)39-20-24(38(19-22-9-5-4-6-10-22)28(41)43-21-31(32,33)34)17-26(39)27(40)37-15-13-36(14-16-37)25-12-8-7-11-23(25)18-35/h4-12,24,26H,13-17,19-21H2,1-3H3/t24-,26-/m0/s1. The molecule has 13 heteroatoms. The summed E-state index contributed by atoms with van der Waals surface area (Å²) in [6.07, 6.45) is -1.20. The van der Waals surface area contributed by atoms with Gasteiger partial charge in [0, 0.05) is 39.3 Å². The van der Waals surface area contributed by atoms with Crippen molar-refractivity contribution in [3.8, 4) is 6.07 Å². The lowest BCUT2D eigenvalue weighted by molar-refractivity contribution is -0.136. The van der Waals surface area contributed by atoms with Gasteiger partial charge in [-0.2, -0.15) is 5.26 Å². The first-order chi connectivity index (χ1) is 20.8. The zero-order chi connectivity index (χ0) is 32.1. The number of carbonyl (C=O) groups is 3. The van der Waals surface area contributed by atoms with Crippen molar-refractivity contribution in [2.24, 2.45) is 0 Å².